The van der Waals surface area contributed by atoms with Gasteiger partial charge in [0, 0.05) is 19.3 Å². The first-order valence-corrected chi connectivity index (χ1v) is 12.3. The average molecular weight is 535 g/mol. The van der Waals surface area contributed by atoms with Gasteiger partial charge in [0.05, 0.1) is 6.04 Å². The molecule has 5 amide bonds. The van der Waals surface area contributed by atoms with Gasteiger partial charge < -0.3 is 43.4 Å². The number of hydrogen-bond donors (Lipinski definition) is 8. The first kappa shape index (κ1) is 32.6. The van der Waals surface area contributed by atoms with Gasteiger partial charge in [-0.25, -0.2) is 4.79 Å². The fraction of sp³-hybridized carbons (Fsp3) is 0.650. The molecule has 0 aromatic rings. The van der Waals surface area contributed by atoms with Gasteiger partial charge in [0.25, 0.3) is 0 Å². The van der Waals surface area contributed by atoms with Crippen molar-refractivity contribution in [2.24, 2.45) is 17.2 Å². The van der Waals surface area contributed by atoms with Gasteiger partial charge in [0.1, 0.15) is 18.1 Å². The lowest BCUT2D eigenvalue weighted by atomic mass is 10.1. The zero-order valence-electron chi connectivity index (χ0n) is 19.9. The highest BCUT2D eigenvalue weighted by Crippen LogP contribution is 2.07. The summed E-state index contributed by atoms with van der Waals surface area (Å²) >= 11 is 1.38. The molecule has 0 aliphatic heterocycles. The largest absolute Gasteiger partial charge is 0.481 e. The number of carboxylic acid groups (broad SMARTS) is 2. The van der Waals surface area contributed by atoms with Crippen LogP contribution in [0.3, 0.4) is 0 Å². The maximum atomic E-state index is 12.9. The molecule has 204 valence electrons. The van der Waals surface area contributed by atoms with Crippen molar-refractivity contribution in [2.45, 2.75) is 69.1 Å². The highest BCUT2D eigenvalue weighted by Gasteiger charge is 2.30. The number of carbonyl (C=O) groups excluding carboxylic acids is 5. The van der Waals surface area contributed by atoms with Crippen molar-refractivity contribution in [2.75, 3.05) is 12.0 Å². The summed E-state index contributed by atoms with van der Waals surface area (Å²) in [4.78, 5) is 82.4. The number of carbonyl (C=O) groups is 7. The summed E-state index contributed by atoms with van der Waals surface area (Å²) in [6.45, 7) is 0. The van der Waals surface area contributed by atoms with Gasteiger partial charge in [-0.2, -0.15) is 11.8 Å². The predicted octanol–water partition coefficient (Wildman–Crippen LogP) is -3.00. The molecule has 0 spiro atoms. The van der Waals surface area contributed by atoms with E-state index < -0.39 is 78.5 Å². The van der Waals surface area contributed by atoms with Crippen LogP contribution < -0.4 is 33.2 Å². The van der Waals surface area contributed by atoms with Crippen molar-refractivity contribution in [3.63, 3.8) is 0 Å². The summed E-state index contributed by atoms with van der Waals surface area (Å²) < 4.78 is 0. The Morgan fingerprint density at radius 1 is 0.694 bits per heavy atom. The maximum absolute atomic E-state index is 12.9. The van der Waals surface area contributed by atoms with E-state index in [0.29, 0.717) is 5.75 Å². The van der Waals surface area contributed by atoms with Crippen LogP contribution in [-0.2, 0) is 33.6 Å². The molecule has 36 heavy (non-hydrogen) atoms. The number of nitrogens with two attached hydrogens (primary N) is 3. The van der Waals surface area contributed by atoms with Crippen LogP contribution in [0.15, 0.2) is 0 Å². The van der Waals surface area contributed by atoms with Crippen LogP contribution in [0.2, 0.25) is 0 Å². The van der Waals surface area contributed by atoms with Crippen LogP contribution in [0.5, 0.6) is 0 Å². The molecule has 0 aliphatic rings. The van der Waals surface area contributed by atoms with E-state index in [1.54, 1.807) is 6.26 Å². The molecule has 0 heterocycles. The summed E-state index contributed by atoms with van der Waals surface area (Å²) in [5, 5.41) is 25.0. The van der Waals surface area contributed by atoms with Gasteiger partial charge in [-0.1, -0.05) is 0 Å². The molecular weight excluding hydrogens is 500 g/mol. The lowest BCUT2D eigenvalue weighted by Gasteiger charge is -2.25. The molecule has 0 saturated heterocycles. The Labute approximate surface area is 211 Å². The lowest BCUT2D eigenvalue weighted by Crippen LogP contribution is -2.57. The molecule has 0 rings (SSSR count). The van der Waals surface area contributed by atoms with E-state index in [1.807, 2.05) is 0 Å². The number of aliphatic carboxylic acids is 2. The minimum Gasteiger partial charge on any atom is -0.481 e. The van der Waals surface area contributed by atoms with Crippen molar-refractivity contribution in [3.05, 3.63) is 0 Å². The monoisotopic (exact) mass is 534 g/mol. The molecule has 0 saturated carbocycles. The van der Waals surface area contributed by atoms with Gasteiger partial charge >= 0.3 is 11.9 Å². The molecule has 0 aromatic heterocycles. The second-order valence-corrected chi connectivity index (χ2v) is 8.84. The smallest absolute Gasteiger partial charge is 0.326 e. The first-order valence-electron chi connectivity index (χ1n) is 10.9. The van der Waals surface area contributed by atoms with Crippen LogP contribution in [-0.4, -0.2) is 87.9 Å². The average Bonchev–Trinajstić information content (AvgIpc) is 2.79. The van der Waals surface area contributed by atoms with Crippen LogP contribution >= 0.6 is 11.8 Å². The van der Waals surface area contributed by atoms with Gasteiger partial charge in [-0.3, -0.25) is 28.8 Å². The van der Waals surface area contributed by atoms with Crippen molar-refractivity contribution >= 4 is 53.2 Å². The molecular formula is C20H34N6O9S. The quantitative estimate of drug-likeness (QED) is 0.0826. The summed E-state index contributed by atoms with van der Waals surface area (Å²) in [5.41, 5.74) is 15.9. The van der Waals surface area contributed by atoms with Crippen LogP contribution in [0.4, 0.5) is 0 Å². The van der Waals surface area contributed by atoms with E-state index >= 15 is 0 Å². The Kier molecular flexibility index (Phi) is 15.5. The Balaban J connectivity index is 5.53. The van der Waals surface area contributed by atoms with Crippen molar-refractivity contribution in [1.82, 2.24) is 16.0 Å². The standard InChI is InChI=1S/C20H34N6O9S/c1-36-9-8-12(24-17(31)10(21)2-5-14(22)27)19(33)25-11(3-6-15(23)28)18(32)26-13(20(34)35)4-7-16(29)30/h10-13H,2-9,21H2,1H3,(H2,22,27)(H2,23,28)(H,24,31)(H,25,33)(H,26,32)(H,29,30)(H,34,35)/t10-,11-,12+,13-/m0/s1. The molecule has 0 fully saturated rings. The number of hydrogen-bond acceptors (Lipinski definition) is 9. The molecule has 4 atom stereocenters. The number of thioether (sulfide) groups is 1. The second-order valence-electron chi connectivity index (χ2n) is 7.85. The van der Waals surface area contributed by atoms with E-state index in [9.17, 15) is 38.7 Å². The zero-order valence-corrected chi connectivity index (χ0v) is 20.7. The van der Waals surface area contributed by atoms with E-state index in [0.717, 1.165) is 0 Å². The predicted molar refractivity (Wildman–Crippen MR) is 128 cm³/mol. The summed E-state index contributed by atoms with van der Waals surface area (Å²) in [6, 6.07) is -5.23. The van der Waals surface area contributed by atoms with Crippen LogP contribution in [0, 0.1) is 0 Å². The third kappa shape index (κ3) is 14.1. The van der Waals surface area contributed by atoms with Crippen LogP contribution in [0.1, 0.15) is 44.9 Å². The number of primary amides is 2. The summed E-state index contributed by atoms with van der Waals surface area (Å²) in [7, 11) is 0. The molecule has 15 nitrogen and oxygen atoms in total. The van der Waals surface area contributed by atoms with Crippen molar-refractivity contribution in [1.29, 1.82) is 0 Å². The maximum Gasteiger partial charge on any atom is 0.326 e. The van der Waals surface area contributed by atoms with E-state index in [2.05, 4.69) is 16.0 Å². The third-order valence-corrected chi connectivity index (χ3v) is 5.50. The zero-order chi connectivity index (χ0) is 27.8. The van der Waals surface area contributed by atoms with Crippen molar-refractivity contribution < 1.29 is 43.8 Å². The molecule has 0 aliphatic carbocycles. The topological polar surface area (TPSA) is 274 Å². The van der Waals surface area contributed by atoms with Gasteiger partial charge in [-0.15, -0.1) is 0 Å². The van der Waals surface area contributed by atoms with Crippen molar-refractivity contribution in [3.8, 4) is 0 Å². The molecule has 0 unspecified atom stereocenters. The molecule has 16 heteroatoms. The fourth-order valence-electron chi connectivity index (χ4n) is 2.84. The highest BCUT2D eigenvalue weighted by atomic mass is 32.2. The number of carboxylic acids is 2. The Bertz CT molecular complexity index is 825. The van der Waals surface area contributed by atoms with Gasteiger partial charge in [0.15, 0.2) is 0 Å². The second kappa shape index (κ2) is 17.1. The normalized spacial score (nSPS) is 13.9. The van der Waals surface area contributed by atoms with E-state index in [-0.39, 0.29) is 32.1 Å². The Morgan fingerprint density at radius 2 is 1.14 bits per heavy atom. The lowest BCUT2D eigenvalue weighted by molar-refractivity contribution is -0.143. The number of amides is 5. The van der Waals surface area contributed by atoms with Gasteiger partial charge in [0.2, 0.25) is 29.5 Å². The summed E-state index contributed by atoms with van der Waals surface area (Å²) in [6.07, 6.45) is 0.164. The minimum atomic E-state index is -1.56. The highest BCUT2D eigenvalue weighted by molar-refractivity contribution is 7.98. The fourth-order valence-corrected chi connectivity index (χ4v) is 3.31. The Hall–Kier alpha value is -3.40. The van der Waals surface area contributed by atoms with Gasteiger partial charge in [-0.05, 0) is 37.7 Å². The first-order chi connectivity index (χ1) is 16.8. The SMILES string of the molecule is CSCC[C@@H](NC(=O)[C@@H](N)CCC(N)=O)C(=O)N[C@@H](CCC(N)=O)C(=O)N[C@@H](CCC(=O)O)C(=O)O. The van der Waals surface area contributed by atoms with E-state index in [4.69, 9.17) is 22.3 Å². The molecule has 0 radical (unpaired) electrons. The number of nitrogens with one attached hydrogen (secondary N) is 3. The van der Waals surface area contributed by atoms with Crippen LogP contribution in [0.25, 0.3) is 0 Å². The number of rotatable bonds is 19. The molecule has 0 aromatic carbocycles. The summed E-state index contributed by atoms with van der Waals surface area (Å²) in [5.74, 6) is -6.26. The Morgan fingerprint density at radius 3 is 1.61 bits per heavy atom. The molecule has 11 N–H and O–H groups in total. The third-order valence-electron chi connectivity index (χ3n) is 4.86. The minimum absolute atomic E-state index is 0.0470. The van der Waals surface area contributed by atoms with E-state index in [1.165, 1.54) is 11.8 Å². The molecule has 0 bridgehead atoms.